The molecule has 1 rings (SSSR count). The Kier molecular flexibility index (Phi) is 3.88. The fourth-order valence-corrected chi connectivity index (χ4v) is 2.27. The van der Waals surface area contributed by atoms with Gasteiger partial charge in [0.05, 0.1) is 16.8 Å². The third-order valence-electron chi connectivity index (χ3n) is 2.10. The largest absolute Gasteiger partial charge is 0.393 e. The van der Waals surface area contributed by atoms with Gasteiger partial charge in [-0.15, -0.1) is 11.3 Å². The van der Waals surface area contributed by atoms with Crippen LogP contribution in [0, 0.1) is 13.8 Å². The van der Waals surface area contributed by atoms with E-state index in [9.17, 15) is 5.11 Å². The van der Waals surface area contributed by atoms with Crippen molar-refractivity contribution in [2.45, 2.75) is 46.1 Å². The van der Waals surface area contributed by atoms with Gasteiger partial charge in [0.15, 0.2) is 0 Å². The summed E-state index contributed by atoms with van der Waals surface area (Å²) in [5, 5.41) is 10.6. The number of hydrogen-bond acceptors (Lipinski definition) is 3. The van der Waals surface area contributed by atoms with E-state index in [0.717, 1.165) is 23.5 Å². The molecule has 3 heteroatoms. The van der Waals surface area contributed by atoms with E-state index in [1.165, 1.54) is 4.88 Å². The van der Waals surface area contributed by atoms with Gasteiger partial charge in [-0.1, -0.05) is 13.3 Å². The van der Waals surface area contributed by atoms with E-state index >= 15 is 0 Å². The molecule has 0 spiro atoms. The summed E-state index contributed by atoms with van der Waals surface area (Å²) in [6, 6.07) is 0. The van der Waals surface area contributed by atoms with Gasteiger partial charge in [-0.25, -0.2) is 4.98 Å². The average molecular weight is 199 g/mol. The van der Waals surface area contributed by atoms with Gasteiger partial charge in [-0.2, -0.15) is 0 Å². The average Bonchev–Trinajstić information content (AvgIpc) is 2.31. The second kappa shape index (κ2) is 4.72. The van der Waals surface area contributed by atoms with Crippen molar-refractivity contribution in [3.63, 3.8) is 0 Å². The highest BCUT2D eigenvalue weighted by Crippen LogP contribution is 2.18. The van der Waals surface area contributed by atoms with E-state index in [1.807, 2.05) is 6.92 Å². The minimum atomic E-state index is -0.213. The molecule has 0 saturated heterocycles. The van der Waals surface area contributed by atoms with Gasteiger partial charge in [0.2, 0.25) is 0 Å². The zero-order valence-electron chi connectivity index (χ0n) is 8.50. The van der Waals surface area contributed by atoms with Crippen molar-refractivity contribution in [3.05, 3.63) is 15.6 Å². The van der Waals surface area contributed by atoms with Gasteiger partial charge in [0, 0.05) is 11.3 Å². The molecule has 0 amide bonds. The van der Waals surface area contributed by atoms with Crippen LogP contribution in [0.4, 0.5) is 0 Å². The van der Waals surface area contributed by atoms with Crippen LogP contribution in [0.3, 0.4) is 0 Å². The summed E-state index contributed by atoms with van der Waals surface area (Å²) in [4.78, 5) is 5.65. The highest BCUT2D eigenvalue weighted by Gasteiger charge is 2.08. The summed E-state index contributed by atoms with van der Waals surface area (Å²) in [5.74, 6) is 0. The van der Waals surface area contributed by atoms with Crippen LogP contribution >= 0.6 is 11.3 Å². The first-order valence-electron chi connectivity index (χ1n) is 4.74. The number of nitrogens with zero attached hydrogens (tertiary/aromatic N) is 1. The molecule has 1 unspecified atom stereocenters. The highest BCUT2D eigenvalue weighted by molar-refractivity contribution is 7.11. The lowest BCUT2D eigenvalue weighted by atomic mass is 10.1. The first-order valence-corrected chi connectivity index (χ1v) is 5.56. The van der Waals surface area contributed by atoms with Crippen LogP contribution < -0.4 is 0 Å². The predicted molar refractivity (Wildman–Crippen MR) is 56.2 cm³/mol. The predicted octanol–water partition coefficient (Wildman–Crippen LogP) is 2.46. The number of aliphatic hydroxyl groups is 1. The van der Waals surface area contributed by atoms with Crippen molar-refractivity contribution in [3.8, 4) is 0 Å². The maximum Gasteiger partial charge on any atom is 0.0956 e. The molecule has 0 saturated carbocycles. The Labute approximate surface area is 83.6 Å². The topological polar surface area (TPSA) is 33.1 Å². The smallest absolute Gasteiger partial charge is 0.0956 e. The molecule has 0 aliphatic rings. The number of thiazole rings is 1. The van der Waals surface area contributed by atoms with Crippen LogP contribution in [0.5, 0.6) is 0 Å². The summed E-state index contributed by atoms with van der Waals surface area (Å²) in [7, 11) is 0. The van der Waals surface area contributed by atoms with Crippen LogP contribution in [0.25, 0.3) is 0 Å². The molecule has 2 nitrogen and oxygen atoms in total. The van der Waals surface area contributed by atoms with Crippen LogP contribution in [-0.4, -0.2) is 16.2 Å². The molecule has 1 atom stereocenters. The monoisotopic (exact) mass is 199 g/mol. The summed E-state index contributed by atoms with van der Waals surface area (Å²) in [5.41, 5.74) is 1.10. The molecule has 74 valence electrons. The minimum Gasteiger partial charge on any atom is -0.393 e. The van der Waals surface area contributed by atoms with E-state index in [4.69, 9.17) is 0 Å². The molecule has 1 aromatic heterocycles. The minimum absolute atomic E-state index is 0.213. The van der Waals surface area contributed by atoms with Gasteiger partial charge in [-0.3, -0.25) is 0 Å². The summed E-state index contributed by atoms with van der Waals surface area (Å²) >= 11 is 1.70. The standard InChI is InChI=1S/C10H17NOS/c1-4-5-9(12)6-10-11-7(2)8(3)13-10/h9,12H,4-6H2,1-3H3. The molecule has 13 heavy (non-hydrogen) atoms. The zero-order chi connectivity index (χ0) is 9.84. The molecular weight excluding hydrogens is 182 g/mol. The molecule has 1 N–H and O–H groups in total. The first-order chi connectivity index (χ1) is 6.13. The fraction of sp³-hybridized carbons (Fsp3) is 0.700. The maximum absolute atomic E-state index is 9.57. The van der Waals surface area contributed by atoms with Crippen LogP contribution in [0.1, 0.15) is 35.3 Å². The first kappa shape index (κ1) is 10.7. The fourth-order valence-electron chi connectivity index (χ4n) is 1.26. The second-order valence-electron chi connectivity index (χ2n) is 3.40. The number of aliphatic hydroxyl groups excluding tert-OH is 1. The Morgan fingerprint density at radius 3 is 2.62 bits per heavy atom. The summed E-state index contributed by atoms with van der Waals surface area (Å²) in [6.07, 6.45) is 2.41. The Morgan fingerprint density at radius 2 is 2.15 bits per heavy atom. The third kappa shape index (κ3) is 3.08. The molecule has 0 aliphatic heterocycles. The van der Waals surface area contributed by atoms with Gasteiger partial charge >= 0.3 is 0 Å². The quantitative estimate of drug-likeness (QED) is 0.808. The Bertz CT molecular complexity index is 250. The highest BCUT2D eigenvalue weighted by atomic mass is 32.1. The zero-order valence-corrected chi connectivity index (χ0v) is 9.32. The molecule has 1 heterocycles. The van der Waals surface area contributed by atoms with E-state index < -0.39 is 0 Å². The molecule has 0 radical (unpaired) electrons. The molecule has 1 aromatic rings. The Balaban J connectivity index is 2.53. The van der Waals surface area contributed by atoms with Crippen molar-refractivity contribution >= 4 is 11.3 Å². The van der Waals surface area contributed by atoms with Crippen molar-refractivity contribution in [2.24, 2.45) is 0 Å². The van der Waals surface area contributed by atoms with E-state index in [1.54, 1.807) is 11.3 Å². The van der Waals surface area contributed by atoms with Crippen LogP contribution in [-0.2, 0) is 6.42 Å². The van der Waals surface area contributed by atoms with Crippen molar-refractivity contribution in [1.82, 2.24) is 4.98 Å². The van der Waals surface area contributed by atoms with Crippen molar-refractivity contribution in [2.75, 3.05) is 0 Å². The summed E-state index contributed by atoms with van der Waals surface area (Å²) < 4.78 is 0. The van der Waals surface area contributed by atoms with Crippen LogP contribution in [0.2, 0.25) is 0 Å². The second-order valence-corrected chi connectivity index (χ2v) is 4.68. The number of aryl methyl sites for hydroxylation is 2. The van der Waals surface area contributed by atoms with Crippen molar-refractivity contribution < 1.29 is 5.11 Å². The molecular formula is C10H17NOS. The normalized spacial score (nSPS) is 13.2. The van der Waals surface area contributed by atoms with Gasteiger partial charge < -0.3 is 5.11 Å². The summed E-state index contributed by atoms with van der Waals surface area (Å²) in [6.45, 7) is 6.17. The SMILES string of the molecule is CCCC(O)Cc1nc(C)c(C)s1. The lowest BCUT2D eigenvalue weighted by Crippen LogP contribution is -2.09. The Hall–Kier alpha value is -0.410. The molecule has 0 aromatic carbocycles. The molecule has 0 bridgehead atoms. The lowest BCUT2D eigenvalue weighted by molar-refractivity contribution is 0.164. The van der Waals surface area contributed by atoms with E-state index in [2.05, 4.69) is 18.8 Å². The van der Waals surface area contributed by atoms with E-state index in [0.29, 0.717) is 6.42 Å². The van der Waals surface area contributed by atoms with E-state index in [-0.39, 0.29) is 6.10 Å². The maximum atomic E-state index is 9.57. The van der Waals surface area contributed by atoms with Crippen LogP contribution in [0.15, 0.2) is 0 Å². The number of hydrogen-bond donors (Lipinski definition) is 1. The van der Waals surface area contributed by atoms with Gasteiger partial charge in [-0.05, 0) is 20.3 Å². The molecule has 0 aliphatic carbocycles. The number of rotatable bonds is 4. The Morgan fingerprint density at radius 1 is 1.46 bits per heavy atom. The van der Waals surface area contributed by atoms with Gasteiger partial charge in [0.25, 0.3) is 0 Å². The third-order valence-corrected chi connectivity index (χ3v) is 3.20. The molecule has 0 fully saturated rings. The van der Waals surface area contributed by atoms with Crippen molar-refractivity contribution in [1.29, 1.82) is 0 Å². The lowest BCUT2D eigenvalue weighted by Gasteiger charge is -2.05. The number of aromatic nitrogens is 1. The van der Waals surface area contributed by atoms with Gasteiger partial charge in [0.1, 0.15) is 0 Å².